The van der Waals surface area contributed by atoms with E-state index in [0.717, 1.165) is 16.2 Å². The average molecular weight is 374 g/mol. The smallest absolute Gasteiger partial charge is 0.434 e. The molecule has 0 bridgehead atoms. The van der Waals surface area contributed by atoms with E-state index in [1.54, 1.807) is 38.1 Å². The minimum Gasteiger partial charge on any atom is -0.434 e. The van der Waals surface area contributed by atoms with Gasteiger partial charge in [0.2, 0.25) is 0 Å². The highest BCUT2D eigenvalue weighted by atomic mass is 32.1. The molecule has 0 spiro atoms. The summed E-state index contributed by atoms with van der Waals surface area (Å²) in [4.78, 5) is 38.7. The molecule has 0 saturated heterocycles. The van der Waals surface area contributed by atoms with E-state index in [4.69, 9.17) is 4.74 Å². The largest absolute Gasteiger partial charge is 0.513 e. The summed E-state index contributed by atoms with van der Waals surface area (Å²) < 4.78 is 14.4. The molecule has 134 valence electrons. The SMILES string of the molecule is CCOC(=O)Oc1ccc(/C=N/n2c(=O)[nH]c3snc(C)c3c2=O)cc1. The van der Waals surface area contributed by atoms with E-state index < -0.39 is 17.4 Å². The maximum atomic E-state index is 12.4. The van der Waals surface area contributed by atoms with E-state index in [0.29, 0.717) is 27.2 Å². The topological polar surface area (TPSA) is 116 Å². The van der Waals surface area contributed by atoms with Crippen LogP contribution in [0.2, 0.25) is 0 Å². The van der Waals surface area contributed by atoms with Crippen molar-refractivity contribution in [3.63, 3.8) is 0 Å². The number of ether oxygens (including phenoxy) is 2. The number of hydrogen-bond donors (Lipinski definition) is 1. The average Bonchev–Trinajstić information content (AvgIpc) is 2.97. The number of aromatic amines is 1. The van der Waals surface area contributed by atoms with Crippen LogP contribution in [0.5, 0.6) is 5.75 Å². The van der Waals surface area contributed by atoms with Gasteiger partial charge in [-0.2, -0.15) is 9.47 Å². The Morgan fingerprint density at radius 3 is 2.77 bits per heavy atom. The number of aryl methyl sites for hydroxylation is 1. The zero-order valence-corrected chi connectivity index (χ0v) is 14.7. The molecule has 26 heavy (non-hydrogen) atoms. The van der Waals surface area contributed by atoms with Gasteiger partial charge >= 0.3 is 11.8 Å². The van der Waals surface area contributed by atoms with Crippen molar-refractivity contribution in [3.05, 3.63) is 56.4 Å². The highest BCUT2D eigenvalue weighted by Crippen LogP contribution is 2.14. The van der Waals surface area contributed by atoms with Crippen LogP contribution < -0.4 is 16.0 Å². The first-order valence-electron chi connectivity index (χ1n) is 7.60. The molecule has 10 heteroatoms. The molecule has 0 fully saturated rings. The molecule has 2 heterocycles. The second kappa shape index (κ2) is 7.31. The standard InChI is InChI=1S/C16H14N4O5S/c1-3-24-16(23)25-11-6-4-10(5-7-11)8-17-20-14(21)12-9(2)19-26-13(12)18-15(20)22/h4-8H,3H2,1-2H3,(H,18,22)/b17-8+. The van der Waals surface area contributed by atoms with Gasteiger partial charge in [0, 0.05) is 0 Å². The third-order valence-corrected chi connectivity index (χ3v) is 4.20. The van der Waals surface area contributed by atoms with Crippen LogP contribution in [0.15, 0.2) is 39.0 Å². The summed E-state index contributed by atoms with van der Waals surface area (Å²) in [7, 11) is 0. The summed E-state index contributed by atoms with van der Waals surface area (Å²) in [6, 6.07) is 6.32. The molecular formula is C16H14N4O5S. The highest BCUT2D eigenvalue weighted by Gasteiger charge is 2.12. The molecule has 0 aliphatic heterocycles. The molecule has 3 rings (SSSR count). The molecular weight excluding hydrogens is 360 g/mol. The van der Waals surface area contributed by atoms with E-state index in [1.807, 2.05) is 0 Å². The lowest BCUT2D eigenvalue weighted by Gasteiger charge is -2.03. The molecule has 9 nitrogen and oxygen atoms in total. The number of aromatic nitrogens is 3. The Balaban J connectivity index is 1.85. The maximum Gasteiger partial charge on any atom is 0.513 e. The predicted octanol–water partition coefficient (Wildman–Crippen LogP) is 1.87. The number of nitrogens with zero attached hydrogens (tertiary/aromatic N) is 3. The van der Waals surface area contributed by atoms with Gasteiger partial charge in [0.25, 0.3) is 5.56 Å². The molecule has 0 amide bonds. The van der Waals surface area contributed by atoms with Crippen LogP contribution >= 0.6 is 11.5 Å². The summed E-state index contributed by atoms with van der Waals surface area (Å²) in [6.45, 7) is 3.58. The van der Waals surface area contributed by atoms with Crippen molar-refractivity contribution in [1.82, 2.24) is 14.0 Å². The van der Waals surface area contributed by atoms with Crippen LogP contribution in [-0.4, -0.2) is 33.0 Å². The number of rotatable bonds is 4. The van der Waals surface area contributed by atoms with Gasteiger partial charge in [-0.3, -0.25) is 9.78 Å². The third kappa shape index (κ3) is 3.54. The van der Waals surface area contributed by atoms with Crippen LogP contribution in [-0.2, 0) is 4.74 Å². The number of carbonyl (C=O) groups is 1. The van der Waals surface area contributed by atoms with E-state index in [2.05, 4.69) is 19.2 Å². The van der Waals surface area contributed by atoms with E-state index in [-0.39, 0.29) is 6.61 Å². The van der Waals surface area contributed by atoms with Gasteiger partial charge < -0.3 is 9.47 Å². The second-order valence-corrected chi connectivity index (χ2v) is 5.89. The quantitative estimate of drug-likeness (QED) is 0.423. The van der Waals surface area contributed by atoms with E-state index in [1.165, 1.54) is 6.21 Å². The third-order valence-electron chi connectivity index (χ3n) is 3.35. The molecule has 0 aliphatic rings. The van der Waals surface area contributed by atoms with Gasteiger partial charge in [-0.1, -0.05) is 0 Å². The fraction of sp³-hybridized carbons (Fsp3) is 0.188. The predicted molar refractivity (Wildman–Crippen MR) is 96.3 cm³/mol. The lowest BCUT2D eigenvalue weighted by Crippen LogP contribution is -2.32. The Hall–Kier alpha value is -3.27. The summed E-state index contributed by atoms with van der Waals surface area (Å²) in [5.74, 6) is 0.303. The lowest BCUT2D eigenvalue weighted by molar-refractivity contribution is 0.104. The summed E-state index contributed by atoms with van der Waals surface area (Å²) in [5, 5.41) is 4.28. The fourth-order valence-electron chi connectivity index (χ4n) is 2.15. The lowest BCUT2D eigenvalue weighted by atomic mass is 10.2. The Bertz CT molecular complexity index is 1090. The number of fused-ring (bicyclic) bond motifs is 1. The maximum absolute atomic E-state index is 12.4. The Labute approximate surface area is 150 Å². The first kappa shape index (κ1) is 17.5. The first-order valence-corrected chi connectivity index (χ1v) is 8.37. The number of benzene rings is 1. The number of nitrogens with one attached hydrogen (secondary N) is 1. The van der Waals surface area contributed by atoms with Gasteiger partial charge in [-0.05, 0) is 55.2 Å². The molecule has 1 aromatic carbocycles. The van der Waals surface area contributed by atoms with Gasteiger partial charge in [0.1, 0.15) is 10.6 Å². The number of H-pyrrole nitrogens is 1. The summed E-state index contributed by atoms with van der Waals surface area (Å²) >= 11 is 1.05. The van der Waals surface area contributed by atoms with Crippen LogP contribution in [0, 0.1) is 6.92 Å². The number of carbonyl (C=O) groups excluding carboxylic acids is 1. The normalized spacial score (nSPS) is 11.2. The molecule has 0 atom stereocenters. The van der Waals surface area contributed by atoms with Crippen molar-refractivity contribution in [2.75, 3.05) is 6.61 Å². The van der Waals surface area contributed by atoms with Crippen LogP contribution in [0.4, 0.5) is 4.79 Å². The van der Waals surface area contributed by atoms with Crippen LogP contribution in [0.25, 0.3) is 10.2 Å². The summed E-state index contributed by atoms with van der Waals surface area (Å²) in [6.07, 6.45) is 0.561. The zero-order chi connectivity index (χ0) is 18.7. The minimum absolute atomic E-state index is 0.219. The van der Waals surface area contributed by atoms with Gasteiger partial charge in [-0.15, -0.1) is 4.68 Å². The van der Waals surface area contributed by atoms with Crippen molar-refractivity contribution in [2.24, 2.45) is 5.10 Å². The molecule has 1 N–H and O–H groups in total. The van der Waals surface area contributed by atoms with E-state index >= 15 is 0 Å². The molecule has 0 unspecified atom stereocenters. The molecule has 0 radical (unpaired) electrons. The number of hydrogen-bond acceptors (Lipinski definition) is 8. The first-order chi connectivity index (χ1) is 12.5. The van der Waals surface area contributed by atoms with Gasteiger partial charge in [0.05, 0.1) is 23.9 Å². The molecule has 0 saturated carbocycles. The van der Waals surface area contributed by atoms with Gasteiger partial charge in [-0.25, -0.2) is 9.59 Å². The Kier molecular flexibility index (Phi) is 4.94. The molecule has 3 aromatic rings. The van der Waals surface area contributed by atoms with Crippen molar-refractivity contribution in [1.29, 1.82) is 0 Å². The Morgan fingerprint density at radius 2 is 2.08 bits per heavy atom. The molecule has 2 aromatic heterocycles. The monoisotopic (exact) mass is 374 g/mol. The van der Waals surface area contributed by atoms with Crippen LogP contribution in [0.3, 0.4) is 0 Å². The van der Waals surface area contributed by atoms with Crippen LogP contribution in [0.1, 0.15) is 18.2 Å². The second-order valence-electron chi connectivity index (χ2n) is 5.12. The van der Waals surface area contributed by atoms with Gasteiger partial charge in [0.15, 0.2) is 0 Å². The van der Waals surface area contributed by atoms with E-state index in [9.17, 15) is 14.4 Å². The van der Waals surface area contributed by atoms with Crippen molar-refractivity contribution in [3.8, 4) is 5.75 Å². The molecule has 0 aliphatic carbocycles. The fourth-order valence-corrected chi connectivity index (χ4v) is 2.93. The summed E-state index contributed by atoms with van der Waals surface area (Å²) in [5.41, 5.74) is -0.0402. The minimum atomic E-state index is -0.792. The van der Waals surface area contributed by atoms with Crippen molar-refractivity contribution in [2.45, 2.75) is 13.8 Å². The van der Waals surface area contributed by atoms with Crippen molar-refractivity contribution < 1.29 is 14.3 Å². The van der Waals surface area contributed by atoms with Crippen molar-refractivity contribution >= 4 is 34.1 Å². The highest BCUT2D eigenvalue weighted by molar-refractivity contribution is 7.12. The Morgan fingerprint density at radius 1 is 1.35 bits per heavy atom. The zero-order valence-electron chi connectivity index (χ0n) is 13.9.